The second kappa shape index (κ2) is 8.18. The van der Waals surface area contributed by atoms with Crippen molar-refractivity contribution in [1.82, 2.24) is 10.2 Å². The highest BCUT2D eigenvalue weighted by Gasteiger charge is 2.26. The SMILES string of the molecule is Cc1ccccc1SC1CCN(C(=O)CC2COCCN2)CC1. The number of nitrogens with one attached hydrogen (secondary N) is 1. The van der Waals surface area contributed by atoms with E-state index in [1.165, 1.54) is 10.5 Å². The van der Waals surface area contributed by atoms with Gasteiger partial charge in [0.2, 0.25) is 5.91 Å². The monoisotopic (exact) mass is 334 g/mol. The van der Waals surface area contributed by atoms with Gasteiger partial charge in [0.05, 0.1) is 13.2 Å². The fourth-order valence-corrected chi connectivity index (χ4v) is 4.40. The second-order valence-corrected chi connectivity index (χ2v) is 7.74. The molecular formula is C18H26N2O2S. The first-order chi connectivity index (χ1) is 11.2. The fraction of sp³-hybridized carbons (Fsp3) is 0.611. The summed E-state index contributed by atoms with van der Waals surface area (Å²) in [4.78, 5) is 15.8. The molecule has 1 aromatic rings. The van der Waals surface area contributed by atoms with E-state index in [9.17, 15) is 4.79 Å². The average molecular weight is 334 g/mol. The molecule has 0 aromatic heterocycles. The summed E-state index contributed by atoms with van der Waals surface area (Å²) in [5.41, 5.74) is 1.35. The Balaban J connectivity index is 1.44. The van der Waals surface area contributed by atoms with Crippen LogP contribution < -0.4 is 5.32 Å². The van der Waals surface area contributed by atoms with Gasteiger partial charge in [0.25, 0.3) is 0 Å². The molecule has 2 aliphatic rings. The number of ether oxygens (including phenoxy) is 1. The number of morpholine rings is 1. The van der Waals surface area contributed by atoms with Crippen LogP contribution in [-0.2, 0) is 9.53 Å². The quantitative estimate of drug-likeness (QED) is 0.918. The molecule has 1 amide bonds. The van der Waals surface area contributed by atoms with Gasteiger partial charge in [0.15, 0.2) is 0 Å². The lowest BCUT2D eigenvalue weighted by Gasteiger charge is -2.33. The minimum Gasteiger partial charge on any atom is -0.378 e. The number of nitrogens with zero attached hydrogens (tertiary/aromatic N) is 1. The Morgan fingerprint density at radius 1 is 1.35 bits per heavy atom. The third kappa shape index (κ3) is 4.72. The van der Waals surface area contributed by atoms with Crippen molar-refractivity contribution < 1.29 is 9.53 Å². The molecule has 2 fully saturated rings. The van der Waals surface area contributed by atoms with Crippen molar-refractivity contribution in [3.8, 4) is 0 Å². The maximum atomic E-state index is 12.4. The molecule has 0 spiro atoms. The van der Waals surface area contributed by atoms with Crippen LogP contribution in [0.15, 0.2) is 29.2 Å². The number of hydrogen-bond donors (Lipinski definition) is 1. The molecule has 0 aliphatic carbocycles. The van der Waals surface area contributed by atoms with Crippen molar-refractivity contribution in [3.05, 3.63) is 29.8 Å². The van der Waals surface area contributed by atoms with Gasteiger partial charge in [0.1, 0.15) is 0 Å². The number of likely N-dealkylation sites (tertiary alicyclic amines) is 1. The summed E-state index contributed by atoms with van der Waals surface area (Å²) in [6, 6.07) is 8.75. The van der Waals surface area contributed by atoms with E-state index in [4.69, 9.17) is 4.74 Å². The lowest BCUT2D eigenvalue weighted by molar-refractivity contribution is -0.133. The van der Waals surface area contributed by atoms with Crippen LogP contribution in [0.4, 0.5) is 0 Å². The smallest absolute Gasteiger partial charge is 0.224 e. The van der Waals surface area contributed by atoms with Crippen molar-refractivity contribution >= 4 is 17.7 Å². The van der Waals surface area contributed by atoms with Gasteiger partial charge in [-0.3, -0.25) is 4.79 Å². The van der Waals surface area contributed by atoms with Crippen LogP contribution in [0.5, 0.6) is 0 Å². The van der Waals surface area contributed by atoms with Gasteiger partial charge < -0.3 is 15.0 Å². The lowest BCUT2D eigenvalue weighted by atomic mass is 10.1. The Hall–Kier alpha value is -1.04. The molecule has 1 aromatic carbocycles. The first-order valence-corrected chi connectivity index (χ1v) is 9.41. The molecule has 5 heteroatoms. The number of thioether (sulfide) groups is 1. The number of piperidine rings is 1. The molecule has 3 rings (SSSR count). The summed E-state index contributed by atoms with van der Waals surface area (Å²) < 4.78 is 5.43. The summed E-state index contributed by atoms with van der Waals surface area (Å²) in [6.07, 6.45) is 2.73. The van der Waals surface area contributed by atoms with E-state index in [0.29, 0.717) is 18.3 Å². The van der Waals surface area contributed by atoms with Crippen LogP contribution in [0, 0.1) is 6.92 Å². The van der Waals surface area contributed by atoms with E-state index in [1.807, 2.05) is 16.7 Å². The normalized spacial score (nSPS) is 23.0. The largest absolute Gasteiger partial charge is 0.378 e. The van der Waals surface area contributed by atoms with E-state index < -0.39 is 0 Å². The van der Waals surface area contributed by atoms with Gasteiger partial charge in [-0.2, -0.15) is 0 Å². The van der Waals surface area contributed by atoms with Crippen molar-refractivity contribution in [2.75, 3.05) is 32.8 Å². The number of benzene rings is 1. The van der Waals surface area contributed by atoms with E-state index in [-0.39, 0.29) is 11.9 Å². The Bertz CT molecular complexity index is 524. The number of carbonyl (C=O) groups excluding carboxylic acids is 1. The molecule has 126 valence electrons. The molecule has 2 aliphatic heterocycles. The summed E-state index contributed by atoms with van der Waals surface area (Å²) in [7, 11) is 0. The summed E-state index contributed by atoms with van der Waals surface area (Å²) in [5.74, 6) is 0.271. The predicted molar refractivity (Wildman–Crippen MR) is 93.9 cm³/mol. The van der Waals surface area contributed by atoms with Gasteiger partial charge >= 0.3 is 0 Å². The molecular weight excluding hydrogens is 308 g/mol. The molecule has 1 atom stereocenters. The molecule has 23 heavy (non-hydrogen) atoms. The van der Waals surface area contributed by atoms with Crippen molar-refractivity contribution in [2.24, 2.45) is 0 Å². The number of amides is 1. The minimum atomic E-state index is 0.190. The lowest BCUT2D eigenvalue weighted by Crippen LogP contribution is -2.46. The van der Waals surface area contributed by atoms with Gasteiger partial charge in [-0.1, -0.05) is 18.2 Å². The molecule has 0 bridgehead atoms. The van der Waals surface area contributed by atoms with Crippen molar-refractivity contribution in [1.29, 1.82) is 0 Å². The minimum absolute atomic E-state index is 0.190. The van der Waals surface area contributed by atoms with Crippen LogP contribution in [0.2, 0.25) is 0 Å². The van der Waals surface area contributed by atoms with Gasteiger partial charge in [-0.05, 0) is 31.4 Å². The number of carbonyl (C=O) groups is 1. The van der Waals surface area contributed by atoms with Gasteiger partial charge in [0, 0.05) is 42.2 Å². The molecule has 2 saturated heterocycles. The van der Waals surface area contributed by atoms with E-state index >= 15 is 0 Å². The number of aryl methyl sites for hydroxylation is 1. The standard InChI is InChI=1S/C18H26N2O2S/c1-14-4-2-3-5-17(14)23-16-6-9-20(10-7-16)18(21)12-15-13-22-11-8-19-15/h2-5,15-16,19H,6-13H2,1H3. The predicted octanol–water partition coefficient (Wildman–Crippen LogP) is 2.46. The highest BCUT2D eigenvalue weighted by Crippen LogP contribution is 2.32. The zero-order valence-electron chi connectivity index (χ0n) is 13.8. The van der Waals surface area contributed by atoms with Crippen LogP contribution in [0.25, 0.3) is 0 Å². The molecule has 1 N–H and O–H groups in total. The molecule has 4 nitrogen and oxygen atoms in total. The molecule has 1 unspecified atom stereocenters. The second-order valence-electron chi connectivity index (χ2n) is 6.39. The van der Waals surface area contributed by atoms with Crippen LogP contribution in [0.3, 0.4) is 0 Å². The molecule has 0 radical (unpaired) electrons. The zero-order chi connectivity index (χ0) is 16.1. The Kier molecular flexibility index (Phi) is 5.97. The number of rotatable bonds is 4. The van der Waals surface area contributed by atoms with Crippen LogP contribution in [0.1, 0.15) is 24.8 Å². The highest BCUT2D eigenvalue weighted by atomic mass is 32.2. The summed E-state index contributed by atoms with van der Waals surface area (Å²) in [6.45, 7) is 6.21. The van der Waals surface area contributed by atoms with E-state index in [0.717, 1.165) is 39.1 Å². The maximum Gasteiger partial charge on any atom is 0.224 e. The van der Waals surface area contributed by atoms with Crippen molar-refractivity contribution in [2.45, 2.75) is 42.4 Å². The van der Waals surface area contributed by atoms with Crippen molar-refractivity contribution in [3.63, 3.8) is 0 Å². The van der Waals surface area contributed by atoms with E-state index in [2.05, 4.69) is 36.5 Å². The summed E-state index contributed by atoms with van der Waals surface area (Å²) in [5, 5.41) is 3.98. The molecule has 2 heterocycles. The third-order valence-electron chi connectivity index (χ3n) is 4.60. The maximum absolute atomic E-state index is 12.4. The van der Waals surface area contributed by atoms with Gasteiger partial charge in [-0.15, -0.1) is 11.8 Å². The summed E-state index contributed by atoms with van der Waals surface area (Å²) >= 11 is 1.97. The topological polar surface area (TPSA) is 41.6 Å². The first kappa shape index (κ1) is 16.8. The average Bonchev–Trinajstić information content (AvgIpc) is 2.58. The Morgan fingerprint density at radius 3 is 2.83 bits per heavy atom. The highest BCUT2D eigenvalue weighted by molar-refractivity contribution is 8.00. The van der Waals surface area contributed by atoms with Crippen LogP contribution >= 0.6 is 11.8 Å². The first-order valence-electron chi connectivity index (χ1n) is 8.53. The Labute approximate surface area is 143 Å². The fourth-order valence-electron chi connectivity index (χ4n) is 3.18. The third-order valence-corrected chi connectivity index (χ3v) is 6.12. The van der Waals surface area contributed by atoms with Crippen LogP contribution in [-0.4, -0.2) is 54.9 Å². The number of hydrogen-bond acceptors (Lipinski definition) is 4. The molecule has 0 saturated carbocycles. The zero-order valence-corrected chi connectivity index (χ0v) is 14.6. The van der Waals surface area contributed by atoms with E-state index in [1.54, 1.807) is 0 Å². The van der Waals surface area contributed by atoms with Gasteiger partial charge in [-0.25, -0.2) is 0 Å². The Morgan fingerprint density at radius 2 is 2.13 bits per heavy atom.